The van der Waals surface area contributed by atoms with E-state index >= 15 is 0 Å². The van der Waals surface area contributed by atoms with Crippen LogP contribution in [0.4, 0.5) is 22.1 Å². The number of carbonyl (C=O) groups is 2. The van der Waals surface area contributed by atoms with Crippen LogP contribution in [0, 0.1) is 19.3 Å². The lowest BCUT2D eigenvalue weighted by molar-refractivity contribution is -0.136. The van der Waals surface area contributed by atoms with Crippen LogP contribution in [0.15, 0.2) is 42.6 Å². The highest BCUT2D eigenvalue weighted by molar-refractivity contribution is 5.99. The third kappa shape index (κ3) is 5.77. The number of carbonyl (C=O) groups excluding carboxylic acids is 2. The smallest absolute Gasteiger partial charge is 0.324 e. The summed E-state index contributed by atoms with van der Waals surface area (Å²) in [5.41, 5.74) is 4.20. The van der Waals surface area contributed by atoms with Crippen LogP contribution in [0.25, 0.3) is 5.69 Å². The van der Waals surface area contributed by atoms with Gasteiger partial charge in [-0.05, 0) is 50.5 Å². The molecule has 1 saturated heterocycles. The van der Waals surface area contributed by atoms with Crippen molar-refractivity contribution in [1.29, 1.82) is 0 Å². The van der Waals surface area contributed by atoms with E-state index in [9.17, 15) is 9.59 Å². The lowest BCUT2D eigenvalue weighted by atomic mass is 9.92. The molecule has 1 aliphatic carbocycles. The van der Waals surface area contributed by atoms with E-state index in [1.807, 2.05) is 55.1 Å². The van der Waals surface area contributed by atoms with Crippen molar-refractivity contribution in [3.05, 3.63) is 59.4 Å². The summed E-state index contributed by atoms with van der Waals surface area (Å²) in [5.74, 6) is 1.77. The fraction of sp³-hybridized carbons (Fsp3) is 0.467. The SMILES string of the molecule is Cc1ccc(-n2nc(C(C)(C)C)cc2NC(=O)Nc2cnc(N3CCN(C(=O)C4(C)CC4)CC3)c(C)c2)cc1. The Balaban J connectivity index is 1.25. The number of piperazine rings is 1. The second-order valence-electron chi connectivity index (χ2n) is 12.2. The third-order valence-electron chi connectivity index (χ3n) is 7.69. The zero-order valence-corrected chi connectivity index (χ0v) is 23.8. The lowest BCUT2D eigenvalue weighted by Crippen LogP contribution is -2.50. The second-order valence-corrected chi connectivity index (χ2v) is 12.2. The molecule has 9 heteroatoms. The molecule has 0 spiro atoms. The Kier molecular flexibility index (Phi) is 6.86. The largest absolute Gasteiger partial charge is 0.353 e. The summed E-state index contributed by atoms with van der Waals surface area (Å²) in [7, 11) is 0. The van der Waals surface area contributed by atoms with Crippen molar-refractivity contribution in [2.75, 3.05) is 41.7 Å². The lowest BCUT2D eigenvalue weighted by Gasteiger charge is -2.37. The zero-order valence-electron chi connectivity index (χ0n) is 23.8. The first-order valence-corrected chi connectivity index (χ1v) is 13.7. The molecule has 9 nitrogen and oxygen atoms in total. The summed E-state index contributed by atoms with van der Waals surface area (Å²) in [5, 5.41) is 10.7. The standard InChI is InChI=1S/C30H39N7O2/c1-20-7-9-23(10-8-20)37-25(18-24(34-37)29(3,4)5)33-28(39)32-22-17-21(2)26(31-19-22)35-13-15-36(16-14-35)27(38)30(6)11-12-30/h7-10,17-19H,11-16H2,1-6H3,(H2,32,33,39). The number of pyridine rings is 1. The van der Waals surface area contributed by atoms with Gasteiger partial charge in [0.25, 0.3) is 0 Å². The number of benzene rings is 1. The van der Waals surface area contributed by atoms with Crippen LogP contribution in [0.1, 0.15) is 57.4 Å². The number of hydrogen-bond donors (Lipinski definition) is 2. The molecule has 1 aliphatic heterocycles. The van der Waals surface area contributed by atoms with Crippen molar-refractivity contribution >= 4 is 29.3 Å². The molecule has 5 rings (SSSR count). The third-order valence-corrected chi connectivity index (χ3v) is 7.69. The summed E-state index contributed by atoms with van der Waals surface area (Å²) in [6.45, 7) is 15.3. The molecular formula is C30H39N7O2. The Morgan fingerprint density at radius 3 is 2.21 bits per heavy atom. The molecule has 39 heavy (non-hydrogen) atoms. The van der Waals surface area contributed by atoms with E-state index in [2.05, 4.69) is 48.2 Å². The van der Waals surface area contributed by atoms with Crippen molar-refractivity contribution in [1.82, 2.24) is 19.7 Å². The summed E-state index contributed by atoms with van der Waals surface area (Å²) < 4.78 is 1.76. The molecule has 3 aromatic rings. The molecule has 1 aromatic carbocycles. The first kappa shape index (κ1) is 26.7. The molecule has 0 bridgehead atoms. The van der Waals surface area contributed by atoms with Crippen molar-refractivity contribution in [2.45, 2.75) is 59.8 Å². The summed E-state index contributed by atoms with van der Waals surface area (Å²) in [6.07, 6.45) is 3.68. The van der Waals surface area contributed by atoms with Gasteiger partial charge in [-0.2, -0.15) is 5.10 Å². The molecule has 1 saturated carbocycles. The number of nitrogens with zero attached hydrogens (tertiary/aromatic N) is 5. The maximum Gasteiger partial charge on any atom is 0.324 e. The maximum atomic E-state index is 13.0. The van der Waals surface area contributed by atoms with E-state index in [-0.39, 0.29) is 22.8 Å². The molecule has 0 atom stereocenters. The van der Waals surface area contributed by atoms with E-state index in [0.717, 1.165) is 54.3 Å². The van der Waals surface area contributed by atoms with Crippen LogP contribution in [0.5, 0.6) is 0 Å². The maximum absolute atomic E-state index is 13.0. The zero-order chi connectivity index (χ0) is 27.9. The predicted octanol–water partition coefficient (Wildman–Crippen LogP) is 5.27. The van der Waals surface area contributed by atoms with Gasteiger partial charge < -0.3 is 15.1 Å². The minimum atomic E-state index is -0.363. The highest BCUT2D eigenvalue weighted by Gasteiger charge is 2.47. The van der Waals surface area contributed by atoms with Gasteiger partial charge in [0.2, 0.25) is 5.91 Å². The van der Waals surface area contributed by atoms with Gasteiger partial charge >= 0.3 is 6.03 Å². The van der Waals surface area contributed by atoms with Gasteiger partial charge in [-0.3, -0.25) is 10.1 Å². The Hall–Kier alpha value is -3.88. The van der Waals surface area contributed by atoms with Crippen molar-refractivity contribution in [2.24, 2.45) is 5.41 Å². The van der Waals surface area contributed by atoms with Crippen LogP contribution in [-0.2, 0) is 10.2 Å². The average Bonchev–Trinajstić information content (AvgIpc) is 3.49. The number of aromatic nitrogens is 3. The minimum Gasteiger partial charge on any atom is -0.353 e. The van der Waals surface area contributed by atoms with E-state index in [1.54, 1.807) is 10.9 Å². The molecule has 3 heterocycles. The summed E-state index contributed by atoms with van der Waals surface area (Å²) >= 11 is 0. The number of urea groups is 1. The van der Waals surface area contributed by atoms with Gasteiger partial charge in [0.1, 0.15) is 11.6 Å². The van der Waals surface area contributed by atoms with Crippen LogP contribution in [0.3, 0.4) is 0 Å². The average molecular weight is 530 g/mol. The van der Waals surface area contributed by atoms with E-state index in [4.69, 9.17) is 5.10 Å². The van der Waals surface area contributed by atoms with E-state index < -0.39 is 0 Å². The predicted molar refractivity (Wildman–Crippen MR) is 155 cm³/mol. The molecule has 2 aliphatic rings. The molecule has 2 N–H and O–H groups in total. The molecule has 0 unspecified atom stereocenters. The molecule has 0 radical (unpaired) electrons. The minimum absolute atomic E-state index is 0.129. The molecule has 2 aromatic heterocycles. The van der Waals surface area contributed by atoms with Crippen molar-refractivity contribution in [3.8, 4) is 5.69 Å². The highest BCUT2D eigenvalue weighted by Crippen LogP contribution is 2.46. The Bertz CT molecular complexity index is 1380. The van der Waals surface area contributed by atoms with Crippen LogP contribution in [-0.4, -0.2) is 57.8 Å². The van der Waals surface area contributed by atoms with Crippen LogP contribution in [0.2, 0.25) is 0 Å². The number of nitrogens with one attached hydrogen (secondary N) is 2. The summed E-state index contributed by atoms with van der Waals surface area (Å²) in [6, 6.07) is 11.5. The Morgan fingerprint density at radius 2 is 1.62 bits per heavy atom. The number of rotatable bonds is 5. The van der Waals surface area contributed by atoms with Gasteiger partial charge in [0.15, 0.2) is 0 Å². The molecule has 206 valence electrons. The quantitative estimate of drug-likeness (QED) is 0.469. The Morgan fingerprint density at radius 1 is 0.949 bits per heavy atom. The van der Waals surface area contributed by atoms with E-state index in [0.29, 0.717) is 24.6 Å². The second kappa shape index (κ2) is 10.0. The topological polar surface area (TPSA) is 95.4 Å². The first-order valence-electron chi connectivity index (χ1n) is 13.7. The molecule has 2 fully saturated rings. The first-order chi connectivity index (χ1) is 18.4. The number of hydrogen-bond acceptors (Lipinski definition) is 5. The monoisotopic (exact) mass is 529 g/mol. The highest BCUT2D eigenvalue weighted by atomic mass is 16.2. The van der Waals surface area contributed by atoms with Gasteiger partial charge in [0, 0.05) is 43.1 Å². The van der Waals surface area contributed by atoms with Crippen LogP contribution < -0.4 is 15.5 Å². The number of aryl methyl sites for hydroxylation is 2. The van der Waals surface area contributed by atoms with Gasteiger partial charge in [-0.25, -0.2) is 14.5 Å². The number of anilines is 3. The Labute approximate surface area is 230 Å². The fourth-order valence-electron chi connectivity index (χ4n) is 4.87. The van der Waals surface area contributed by atoms with Crippen molar-refractivity contribution in [3.63, 3.8) is 0 Å². The van der Waals surface area contributed by atoms with Crippen molar-refractivity contribution < 1.29 is 9.59 Å². The summed E-state index contributed by atoms with van der Waals surface area (Å²) in [4.78, 5) is 34.6. The molecule has 3 amide bonds. The van der Waals surface area contributed by atoms with E-state index in [1.165, 1.54) is 0 Å². The fourth-order valence-corrected chi connectivity index (χ4v) is 4.87. The number of amides is 3. The van der Waals surface area contributed by atoms with Crippen LogP contribution >= 0.6 is 0 Å². The van der Waals surface area contributed by atoms with Gasteiger partial charge in [0.05, 0.1) is 23.3 Å². The van der Waals surface area contributed by atoms with Gasteiger partial charge in [-0.1, -0.05) is 45.4 Å². The normalized spacial score (nSPS) is 16.7. The van der Waals surface area contributed by atoms with Gasteiger partial charge in [-0.15, -0.1) is 0 Å². The molecular weight excluding hydrogens is 490 g/mol.